The van der Waals surface area contributed by atoms with Gasteiger partial charge in [0.2, 0.25) is 0 Å². The second-order valence-electron chi connectivity index (χ2n) is 3.71. The highest BCUT2D eigenvalue weighted by atomic mass is 79.9. The van der Waals surface area contributed by atoms with E-state index in [2.05, 4.69) is 21.0 Å². The van der Waals surface area contributed by atoms with Crippen LogP contribution >= 0.6 is 15.9 Å². The Hall–Kier alpha value is -1.82. The number of hydrogen-bond acceptors (Lipinski definition) is 3. The highest BCUT2D eigenvalue weighted by Crippen LogP contribution is 2.12. The summed E-state index contributed by atoms with van der Waals surface area (Å²) in [6.07, 6.45) is 3.63. The van der Waals surface area contributed by atoms with Crippen molar-refractivity contribution in [2.45, 2.75) is 6.54 Å². The standard InChI is InChI=1S/C12H13BrN4O/c13-10-7-16-17(8-10)5-6-18-11-3-1-9(2-4-11)12(14)15/h1-4,7-8H,5-6H2,(H3,14,15). The number of nitrogens with one attached hydrogen (secondary N) is 1. The lowest BCUT2D eigenvalue weighted by atomic mass is 10.2. The Morgan fingerprint density at radius 3 is 2.67 bits per heavy atom. The van der Waals surface area contributed by atoms with E-state index in [0.717, 1.165) is 10.2 Å². The van der Waals surface area contributed by atoms with Crippen molar-refractivity contribution in [2.24, 2.45) is 5.73 Å². The van der Waals surface area contributed by atoms with Crippen LogP contribution in [0.15, 0.2) is 41.1 Å². The summed E-state index contributed by atoms with van der Waals surface area (Å²) in [5.74, 6) is 0.814. The van der Waals surface area contributed by atoms with E-state index in [0.29, 0.717) is 18.7 Å². The number of rotatable bonds is 5. The van der Waals surface area contributed by atoms with Crippen molar-refractivity contribution in [3.8, 4) is 5.75 Å². The number of amidine groups is 1. The molecule has 0 bridgehead atoms. The molecule has 0 aliphatic carbocycles. The van der Waals surface area contributed by atoms with Gasteiger partial charge in [0.1, 0.15) is 18.2 Å². The Kier molecular flexibility index (Phi) is 3.99. The number of hydrogen-bond donors (Lipinski definition) is 2. The van der Waals surface area contributed by atoms with Gasteiger partial charge in [-0.1, -0.05) is 0 Å². The summed E-state index contributed by atoms with van der Waals surface area (Å²) in [5.41, 5.74) is 6.06. The van der Waals surface area contributed by atoms with Gasteiger partial charge in [-0.2, -0.15) is 5.10 Å². The molecule has 0 atom stereocenters. The summed E-state index contributed by atoms with van der Waals surface area (Å²) in [7, 11) is 0. The van der Waals surface area contributed by atoms with Crippen LogP contribution < -0.4 is 10.5 Å². The lowest BCUT2D eigenvalue weighted by molar-refractivity contribution is 0.291. The van der Waals surface area contributed by atoms with E-state index < -0.39 is 0 Å². The fraction of sp³-hybridized carbons (Fsp3) is 0.167. The first-order chi connectivity index (χ1) is 8.65. The molecule has 1 aromatic carbocycles. The summed E-state index contributed by atoms with van der Waals surface area (Å²) in [6.45, 7) is 1.22. The molecule has 0 spiro atoms. The van der Waals surface area contributed by atoms with Gasteiger partial charge < -0.3 is 10.5 Å². The van der Waals surface area contributed by atoms with E-state index >= 15 is 0 Å². The van der Waals surface area contributed by atoms with Crippen LogP contribution in [0.1, 0.15) is 5.56 Å². The lowest BCUT2D eigenvalue weighted by Gasteiger charge is -2.06. The molecule has 0 amide bonds. The van der Waals surface area contributed by atoms with Crippen molar-refractivity contribution < 1.29 is 4.74 Å². The number of aromatic nitrogens is 2. The fourth-order valence-corrected chi connectivity index (χ4v) is 1.78. The molecular formula is C12H13BrN4O. The van der Waals surface area contributed by atoms with E-state index in [-0.39, 0.29) is 5.84 Å². The number of nitrogens with two attached hydrogens (primary N) is 1. The predicted octanol–water partition coefficient (Wildman–Crippen LogP) is 2.01. The molecule has 0 radical (unpaired) electrons. The molecule has 0 fully saturated rings. The molecule has 0 unspecified atom stereocenters. The molecule has 1 aromatic heterocycles. The highest BCUT2D eigenvalue weighted by molar-refractivity contribution is 9.10. The molecule has 18 heavy (non-hydrogen) atoms. The number of ether oxygens (including phenoxy) is 1. The zero-order chi connectivity index (χ0) is 13.0. The van der Waals surface area contributed by atoms with E-state index in [9.17, 15) is 0 Å². The van der Waals surface area contributed by atoms with Gasteiger partial charge in [0.25, 0.3) is 0 Å². The fourth-order valence-electron chi connectivity index (χ4n) is 1.45. The summed E-state index contributed by atoms with van der Waals surface area (Å²) >= 11 is 3.33. The smallest absolute Gasteiger partial charge is 0.122 e. The van der Waals surface area contributed by atoms with Crippen molar-refractivity contribution in [3.05, 3.63) is 46.7 Å². The van der Waals surface area contributed by atoms with E-state index in [4.69, 9.17) is 15.9 Å². The molecule has 0 saturated heterocycles. The largest absolute Gasteiger partial charge is 0.492 e. The zero-order valence-electron chi connectivity index (χ0n) is 9.64. The monoisotopic (exact) mass is 308 g/mol. The zero-order valence-corrected chi connectivity index (χ0v) is 11.2. The minimum Gasteiger partial charge on any atom is -0.492 e. The molecule has 94 valence electrons. The maximum atomic E-state index is 7.28. The van der Waals surface area contributed by atoms with Crippen molar-refractivity contribution in [1.82, 2.24) is 9.78 Å². The minimum atomic E-state index is 0.0583. The maximum Gasteiger partial charge on any atom is 0.122 e. The van der Waals surface area contributed by atoms with Crippen molar-refractivity contribution in [3.63, 3.8) is 0 Å². The third-order valence-corrected chi connectivity index (χ3v) is 2.77. The number of benzene rings is 1. The molecule has 3 N–H and O–H groups in total. The molecule has 5 nitrogen and oxygen atoms in total. The summed E-state index contributed by atoms with van der Waals surface area (Å²) < 4.78 is 8.32. The first-order valence-corrected chi connectivity index (χ1v) is 6.19. The van der Waals surface area contributed by atoms with Crippen LogP contribution in [-0.2, 0) is 6.54 Å². The van der Waals surface area contributed by atoms with Crippen LogP contribution in [0, 0.1) is 5.41 Å². The van der Waals surface area contributed by atoms with Crippen LogP contribution in [0.25, 0.3) is 0 Å². The van der Waals surface area contributed by atoms with Crippen LogP contribution in [0.2, 0.25) is 0 Å². The first-order valence-electron chi connectivity index (χ1n) is 5.40. The van der Waals surface area contributed by atoms with Crippen LogP contribution in [-0.4, -0.2) is 22.2 Å². The van der Waals surface area contributed by atoms with E-state index in [1.807, 2.05) is 6.20 Å². The van der Waals surface area contributed by atoms with Gasteiger partial charge in [0.15, 0.2) is 0 Å². The summed E-state index contributed by atoms with van der Waals surface area (Å²) in [4.78, 5) is 0. The quantitative estimate of drug-likeness (QED) is 0.655. The maximum absolute atomic E-state index is 7.28. The minimum absolute atomic E-state index is 0.0583. The third-order valence-electron chi connectivity index (χ3n) is 2.36. The Balaban J connectivity index is 1.85. The van der Waals surface area contributed by atoms with Gasteiger partial charge >= 0.3 is 0 Å². The number of nitrogens with zero attached hydrogens (tertiary/aromatic N) is 2. The average Bonchev–Trinajstić information content (AvgIpc) is 2.76. The van der Waals surface area contributed by atoms with Crippen molar-refractivity contribution >= 4 is 21.8 Å². The number of nitrogen functional groups attached to an aromatic ring is 1. The Labute approximate surface area is 113 Å². The molecule has 2 aromatic rings. The Morgan fingerprint density at radius 2 is 2.11 bits per heavy atom. The molecular weight excluding hydrogens is 296 g/mol. The number of halogens is 1. The molecule has 2 rings (SSSR count). The second kappa shape index (κ2) is 5.68. The first kappa shape index (κ1) is 12.6. The Morgan fingerprint density at radius 1 is 1.39 bits per heavy atom. The molecule has 6 heteroatoms. The highest BCUT2D eigenvalue weighted by Gasteiger charge is 1.99. The van der Waals surface area contributed by atoms with E-state index in [1.165, 1.54) is 0 Å². The van der Waals surface area contributed by atoms with Crippen LogP contribution in [0.4, 0.5) is 0 Å². The van der Waals surface area contributed by atoms with Gasteiger partial charge in [-0.05, 0) is 40.2 Å². The molecule has 0 aliphatic rings. The van der Waals surface area contributed by atoms with Gasteiger partial charge in [-0.15, -0.1) is 0 Å². The van der Waals surface area contributed by atoms with Crippen molar-refractivity contribution in [1.29, 1.82) is 5.41 Å². The van der Waals surface area contributed by atoms with Gasteiger partial charge in [-0.25, -0.2) is 0 Å². The second-order valence-corrected chi connectivity index (χ2v) is 4.62. The van der Waals surface area contributed by atoms with Gasteiger partial charge in [0, 0.05) is 11.8 Å². The molecule has 0 saturated carbocycles. The van der Waals surface area contributed by atoms with Crippen LogP contribution in [0.5, 0.6) is 5.75 Å². The van der Waals surface area contributed by atoms with E-state index in [1.54, 1.807) is 35.1 Å². The van der Waals surface area contributed by atoms with Crippen molar-refractivity contribution in [2.75, 3.05) is 6.61 Å². The third kappa shape index (κ3) is 3.33. The Bertz CT molecular complexity index is 535. The average molecular weight is 309 g/mol. The van der Waals surface area contributed by atoms with Crippen LogP contribution in [0.3, 0.4) is 0 Å². The predicted molar refractivity (Wildman–Crippen MR) is 72.9 cm³/mol. The summed E-state index contributed by atoms with van der Waals surface area (Å²) in [5, 5.41) is 11.4. The lowest BCUT2D eigenvalue weighted by Crippen LogP contribution is -2.11. The molecule has 0 aliphatic heterocycles. The van der Waals surface area contributed by atoms with Gasteiger partial charge in [0.05, 0.1) is 17.2 Å². The topological polar surface area (TPSA) is 76.9 Å². The van der Waals surface area contributed by atoms with Gasteiger partial charge in [-0.3, -0.25) is 10.1 Å². The summed E-state index contributed by atoms with van der Waals surface area (Å²) in [6, 6.07) is 7.13. The SMILES string of the molecule is N=C(N)c1ccc(OCCn2cc(Br)cn2)cc1. The normalized spacial score (nSPS) is 10.3. The molecule has 1 heterocycles.